The minimum Gasteiger partial charge on any atom is -0.487 e. The number of anilines is 2. The van der Waals surface area contributed by atoms with E-state index >= 15 is 0 Å². The molecule has 0 radical (unpaired) electrons. The summed E-state index contributed by atoms with van der Waals surface area (Å²) in [6.45, 7) is 9.39. The Bertz CT molecular complexity index is 3760. The number of pyridine rings is 1. The van der Waals surface area contributed by atoms with Gasteiger partial charge in [-0.05, 0) is 110 Å². The Labute approximate surface area is 502 Å². The van der Waals surface area contributed by atoms with Crippen molar-refractivity contribution in [2.75, 3.05) is 29.1 Å². The van der Waals surface area contributed by atoms with E-state index in [2.05, 4.69) is 30.6 Å². The molecule has 5 amide bonds. The Kier molecular flexibility index (Phi) is 17.5. The Hall–Kier alpha value is -7.60. The number of β-amino-alcohol motifs (C(OH)–C–C–N with tert-alkyl or cyclic N) is 1. The third-order valence-corrected chi connectivity index (χ3v) is 19.8. The van der Waals surface area contributed by atoms with Crippen LogP contribution in [0.15, 0.2) is 84.5 Å². The summed E-state index contributed by atoms with van der Waals surface area (Å²) in [5.41, 5.74) is 8.60. The molecule has 23 heteroatoms. The fraction of sp³-hybridized carbons (Fsp3) is 0.435. The second-order valence-electron chi connectivity index (χ2n) is 23.7. The Balaban J connectivity index is 0.718. The van der Waals surface area contributed by atoms with E-state index in [9.17, 15) is 37.5 Å². The number of sulfonamides is 1. The normalized spacial score (nSPS) is 17.3. The number of ether oxygens (including phenoxy) is 1. The molecule has 4 aromatic heterocycles. The van der Waals surface area contributed by atoms with Gasteiger partial charge in [0.25, 0.3) is 11.8 Å². The number of aromatic nitrogens is 5. The number of nitrogens with zero attached hydrogens (tertiary/aromatic N) is 7. The zero-order valence-electron chi connectivity index (χ0n) is 48.2. The Morgan fingerprint density at radius 3 is 2.53 bits per heavy atom. The van der Waals surface area contributed by atoms with Crippen LogP contribution in [0, 0.1) is 18.3 Å². The molecule has 1 aliphatic carbocycles. The molecule has 3 aromatic carbocycles. The van der Waals surface area contributed by atoms with Gasteiger partial charge in [0.2, 0.25) is 27.7 Å². The highest BCUT2D eigenvalue weighted by atomic mass is 32.2. The molecule has 7 heterocycles. The number of nitrogens with one attached hydrogen (secondary N) is 4. The average Bonchev–Trinajstić information content (AvgIpc) is 3.66. The van der Waals surface area contributed by atoms with Crippen molar-refractivity contribution >= 4 is 83.4 Å². The molecule has 0 spiro atoms. The van der Waals surface area contributed by atoms with Crippen molar-refractivity contribution in [3.63, 3.8) is 0 Å². The predicted octanol–water partition coefficient (Wildman–Crippen LogP) is 8.70. The summed E-state index contributed by atoms with van der Waals surface area (Å²) in [6.07, 6.45) is 7.92. The van der Waals surface area contributed by atoms with Gasteiger partial charge in [-0.3, -0.25) is 34.0 Å². The number of hydrogen-bond donors (Lipinski definition) is 5. The van der Waals surface area contributed by atoms with E-state index in [-0.39, 0.29) is 50.4 Å². The number of para-hydroxylation sites is 1. The van der Waals surface area contributed by atoms with Gasteiger partial charge in [0.1, 0.15) is 36.0 Å². The van der Waals surface area contributed by atoms with E-state index in [1.807, 2.05) is 97.9 Å². The first kappa shape index (κ1) is 59.1. The number of aliphatic hydroxyl groups is 1. The number of carbonyl (C=O) groups is 5. The lowest BCUT2D eigenvalue weighted by Crippen LogP contribution is -2.57. The lowest BCUT2D eigenvalue weighted by atomic mass is 9.85. The molecule has 7 aromatic rings. The van der Waals surface area contributed by atoms with Gasteiger partial charge in [-0.1, -0.05) is 88.1 Å². The van der Waals surface area contributed by atoms with E-state index in [1.54, 1.807) is 35.2 Å². The Morgan fingerprint density at radius 2 is 1.72 bits per heavy atom. The van der Waals surface area contributed by atoms with Crippen LogP contribution in [-0.4, -0.2) is 110 Å². The highest BCUT2D eigenvalue weighted by Crippen LogP contribution is 2.40. The van der Waals surface area contributed by atoms with Crippen LogP contribution in [0.5, 0.6) is 5.75 Å². The van der Waals surface area contributed by atoms with Gasteiger partial charge in [-0.25, -0.2) is 28.1 Å². The van der Waals surface area contributed by atoms with Crippen molar-refractivity contribution in [1.29, 1.82) is 0 Å². The first-order chi connectivity index (χ1) is 40.9. The first-order valence-electron chi connectivity index (χ1n) is 29.2. The molecule has 2 fully saturated rings. The summed E-state index contributed by atoms with van der Waals surface area (Å²) < 4.78 is 38.7. The third kappa shape index (κ3) is 13.4. The van der Waals surface area contributed by atoms with Crippen molar-refractivity contribution in [2.45, 2.75) is 143 Å². The molecular weight excluding hydrogens is 1140 g/mol. The molecule has 4 aliphatic rings. The summed E-state index contributed by atoms with van der Waals surface area (Å²) in [4.78, 5) is 88.2. The van der Waals surface area contributed by atoms with Crippen LogP contribution in [0.3, 0.4) is 0 Å². The number of benzene rings is 3. The first-order valence-corrected chi connectivity index (χ1v) is 32.6. The molecule has 1 saturated heterocycles. The quantitative estimate of drug-likeness (QED) is 0.0475. The topological polar surface area (TPSA) is 260 Å². The number of thiazole rings is 2. The van der Waals surface area contributed by atoms with Gasteiger partial charge in [-0.15, -0.1) is 11.3 Å². The standard InChI is InChI=1S/C62H71N11O9S3/c1-37-45(31-65-73(37)32-38-14-7-5-8-15-38)42-23-24-52(71-26-25-40-16-13-17-43(46(40)34-71)57(76)69-61-66-47-18-10-11-19-51(47)84-61)67-54(42)59(78)70-85(80,81)27-12-6-9-20-53(75)68-56(62(2,3)4)60(79)72-33-41(74)29-49(72)58(77)63-30-39-21-22-44-50(28-39)82-35-48-55(44)83-36-64-48/h10-11,13,16-19,21-24,28,31,36,38,41,49,56,74H,5-9,12,14-15,20,25-27,29-30,32-35H2,1-4H3,(H,63,77)(H,68,75)(H,70,78)(H,66,69,76)/t41-,49+,56-/m1/s1. The maximum atomic E-state index is 14.5. The highest BCUT2D eigenvalue weighted by Gasteiger charge is 2.44. The minimum atomic E-state index is -4.22. The van der Waals surface area contributed by atoms with Gasteiger partial charge in [0, 0.05) is 73.5 Å². The van der Waals surface area contributed by atoms with E-state index in [4.69, 9.17) is 14.8 Å². The molecule has 3 aliphatic heterocycles. The summed E-state index contributed by atoms with van der Waals surface area (Å²) in [6, 6.07) is 20.7. The summed E-state index contributed by atoms with van der Waals surface area (Å²) in [5.74, 6) is -1.33. The van der Waals surface area contributed by atoms with Crippen LogP contribution in [0.1, 0.15) is 134 Å². The molecule has 5 N–H and O–H groups in total. The van der Waals surface area contributed by atoms with Gasteiger partial charge in [0.15, 0.2) is 5.13 Å². The van der Waals surface area contributed by atoms with Crippen molar-refractivity contribution in [2.24, 2.45) is 11.3 Å². The van der Waals surface area contributed by atoms with Crippen molar-refractivity contribution in [3.05, 3.63) is 124 Å². The Morgan fingerprint density at radius 1 is 0.906 bits per heavy atom. The maximum absolute atomic E-state index is 14.5. The van der Waals surface area contributed by atoms with Gasteiger partial charge >= 0.3 is 0 Å². The van der Waals surface area contributed by atoms with Crippen LogP contribution < -0.4 is 30.3 Å². The van der Waals surface area contributed by atoms with Crippen molar-refractivity contribution in [3.8, 4) is 27.3 Å². The largest absolute Gasteiger partial charge is 0.487 e. The second-order valence-corrected chi connectivity index (χ2v) is 27.5. The maximum Gasteiger partial charge on any atom is 0.284 e. The van der Waals surface area contributed by atoms with E-state index in [0.29, 0.717) is 71.8 Å². The number of fused-ring (bicyclic) bond motifs is 5. The smallest absolute Gasteiger partial charge is 0.284 e. The van der Waals surface area contributed by atoms with Crippen LogP contribution in [0.25, 0.3) is 31.8 Å². The van der Waals surface area contributed by atoms with Crippen LogP contribution in [0.2, 0.25) is 0 Å². The average molecular weight is 1210 g/mol. The van der Waals surface area contributed by atoms with Gasteiger partial charge in [-0.2, -0.15) is 5.10 Å². The number of hydrogen-bond acceptors (Lipinski definition) is 16. The number of carbonyl (C=O) groups excluding carboxylic acids is 5. The number of aliphatic hydroxyl groups excluding tert-OH is 1. The molecule has 0 unspecified atom stereocenters. The molecule has 1 saturated carbocycles. The fourth-order valence-corrected chi connectivity index (χ4v) is 14.7. The fourth-order valence-electron chi connectivity index (χ4n) is 12.0. The third-order valence-electron chi connectivity index (χ3n) is 16.6. The summed E-state index contributed by atoms with van der Waals surface area (Å²) in [5, 5.41) is 24.8. The highest BCUT2D eigenvalue weighted by molar-refractivity contribution is 7.90. The van der Waals surface area contributed by atoms with E-state index < -0.39 is 63.0 Å². The minimum absolute atomic E-state index is 0.0161. The van der Waals surface area contributed by atoms with Gasteiger partial charge in [0.05, 0.1) is 44.4 Å². The number of likely N-dealkylation sites (tertiary alicyclic amines) is 1. The lowest BCUT2D eigenvalue weighted by molar-refractivity contribution is -0.144. The molecule has 446 valence electrons. The van der Waals surface area contributed by atoms with Crippen LogP contribution >= 0.6 is 22.7 Å². The predicted molar refractivity (Wildman–Crippen MR) is 326 cm³/mol. The summed E-state index contributed by atoms with van der Waals surface area (Å²) in [7, 11) is -4.22. The molecule has 3 atom stereocenters. The zero-order valence-corrected chi connectivity index (χ0v) is 50.6. The number of amides is 5. The molecule has 85 heavy (non-hydrogen) atoms. The van der Waals surface area contributed by atoms with Crippen LogP contribution in [0.4, 0.5) is 10.9 Å². The number of rotatable bonds is 19. The second kappa shape index (κ2) is 25.2. The lowest BCUT2D eigenvalue weighted by Gasteiger charge is -2.35. The monoisotopic (exact) mass is 1210 g/mol. The van der Waals surface area contributed by atoms with E-state index in [1.165, 1.54) is 35.5 Å². The van der Waals surface area contributed by atoms with Crippen LogP contribution in [-0.2, 0) is 57.1 Å². The molecule has 0 bridgehead atoms. The van der Waals surface area contributed by atoms with Crippen molar-refractivity contribution in [1.82, 2.24) is 45.0 Å². The van der Waals surface area contributed by atoms with Gasteiger partial charge < -0.3 is 30.3 Å². The summed E-state index contributed by atoms with van der Waals surface area (Å²) >= 11 is 2.94. The molecule has 20 nitrogen and oxygen atoms in total. The molecule has 11 rings (SSSR count). The van der Waals surface area contributed by atoms with E-state index in [0.717, 1.165) is 68.1 Å². The zero-order chi connectivity index (χ0) is 59.6. The molecular formula is C62H71N11O9S3. The SMILES string of the molecule is Cc1c(-c2ccc(N3CCc4cccc(C(=O)Nc5nc6ccccc6s5)c4C3)nc2C(=O)NS(=O)(=O)CCCCCC(=O)N[C@H](C(=O)N2C[C@H](O)C[C@H]2C(=O)NCc2ccc3c(c2)OCc2ncsc2-3)C(C)(C)C)cnn1CC1CCCCC1. The number of unbranched alkanes of at least 4 members (excludes halogenated alkanes) is 2. The van der Waals surface area contributed by atoms with Crippen molar-refractivity contribution < 1.29 is 42.2 Å².